The highest BCUT2D eigenvalue weighted by Crippen LogP contribution is 2.40. The van der Waals surface area contributed by atoms with Crippen molar-refractivity contribution in [3.05, 3.63) is 17.0 Å². The van der Waals surface area contributed by atoms with Gasteiger partial charge in [-0.1, -0.05) is 0 Å². The number of hydrogen-bond acceptors (Lipinski definition) is 12. The number of aliphatic hydroxyl groups excluding tert-OH is 3. The van der Waals surface area contributed by atoms with Gasteiger partial charge in [0.05, 0.1) is 6.33 Å². The minimum Gasteiger partial charge on any atom is -0.387 e. The molecular formula is C11H18N7O8P. The Labute approximate surface area is 150 Å². The number of aliphatic hydroxyl groups is 3. The number of fused-ring (bicyclic) bond motifs is 1. The Balaban J connectivity index is 2.00. The van der Waals surface area contributed by atoms with Gasteiger partial charge < -0.3 is 52.4 Å². The lowest BCUT2D eigenvalue weighted by molar-refractivity contribution is -0.161. The predicted molar refractivity (Wildman–Crippen MR) is 86.5 cm³/mol. The van der Waals surface area contributed by atoms with Crippen LogP contribution in [-0.2, 0) is 13.8 Å². The molecule has 1 fully saturated rings. The van der Waals surface area contributed by atoms with Gasteiger partial charge in [0.2, 0.25) is 5.96 Å². The van der Waals surface area contributed by atoms with Gasteiger partial charge in [-0.25, -0.2) is 9.55 Å². The molecule has 15 nitrogen and oxygen atoms in total. The van der Waals surface area contributed by atoms with Crippen molar-refractivity contribution in [1.29, 1.82) is 0 Å². The average Bonchev–Trinajstić information content (AvgIpc) is 3.05. The predicted octanol–water partition coefficient (Wildman–Crippen LogP) is -6.10. The van der Waals surface area contributed by atoms with Crippen molar-refractivity contribution in [1.82, 2.24) is 14.9 Å². The lowest BCUT2D eigenvalue weighted by atomic mass is 10.1. The van der Waals surface area contributed by atoms with E-state index in [9.17, 15) is 19.9 Å². The summed E-state index contributed by atoms with van der Waals surface area (Å²) in [6.07, 6.45) is -7.47. The smallest absolute Gasteiger partial charge is 0.387 e. The summed E-state index contributed by atoms with van der Waals surface area (Å²) in [7, 11) is -5.07. The zero-order valence-electron chi connectivity index (χ0n) is 13.4. The average molecular weight is 407 g/mol. The Hall–Kier alpha value is -2.23. The van der Waals surface area contributed by atoms with Gasteiger partial charge in [0.1, 0.15) is 34.8 Å². The number of aliphatic imine (C=N–C) groups is 1. The van der Waals surface area contributed by atoms with Crippen LogP contribution in [0.1, 0.15) is 6.23 Å². The number of aromatic nitrogens is 2. The summed E-state index contributed by atoms with van der Waals surface area (Å²) in [5.74, 6) is -0.223. The highest BCUT2D eigenvalue weighted by molar-refractivity contribution is 7.46. The molecule has 0 radical (unpaired) electrons. The molecule has 0 bridgehead atoms. The Morgan fingerprint density at radius 2 is 1.96 bits per heavy atom. The van der Waals surface area contributed by atoms with Gasteiger partial charge in [-0.3, -0.25) is 9.09 Å². The van der Waals surface area contributed by atoms with Crippen molar-refractivity contribution in [2.24, 2.45) is 22.2 Å². The van der Waals surface area contributed by atoms with E-state index in [-0.39, 0.29) is 28.3 Å². The molecule has 1 aromatic rings. The third kappa shape index (κ3) is 3.62. The largest absolute Gasteiger partial charge is 0.472 e. The van der Waals surface area contributed by atoms with E-state index in [0.717, 1.165) is 0 Å². The van der Waals surface area contributed by atoms with Crippen molar-refractivity contribution >= 4 is 25.4 Å². The normalized spacial score (nSPS) is 29.7. The molecule has 0 saturated carbocycles. The Morgan fingerprint density at radius 1 is 1.30 bits per heavy atom. The molecule has 3 heterocycles. The van der Waals surface area contributed by atoms with Crippen LogP contribution in [0.15, 0.2) is 11.3 Å². The van der Waals surface area contributed by atoms with Crippen LogP contribution in [0.25, 0.3) is 11.6 Å². The van der Waals surface area contributed by atoms with Crippen LogP contribution < -0.4 is 33.2 Å². The number of nitrogens with one attached hydrogen (secondary N) is 1. The van der Waals surface area contributed by atoms with E-state index in [4.69, 9.17) is 31.7 Å². The molecule has 2 aliphatic rings. The number of hydrogen-bond donors (Lipinski definition) is 9. The van der Waals surface area contributed by atoms with Gasteiger partial charge in [-0.05, 0) is 0 Å². The van der Waals surface area contributed by atoms with Crippen molar-refractivity contribution in [3.8, 4) is 0 Å². The fourth-order valence-corrected chi connectivity index (χ4v) is 3.17. The first-order valence-corrected chi connectivity index (χ1v) is 8.90. The number of nitrogens with zero attached hydrogens (tertiary/aromatic N) is 3. The van der Waals surface area contributed by atoms with E-state index < -0.39 is 38.7 Å². The lowest BCUT2D eigenvalue weighted by Crippen LogP contribution is -2.44. The maximum Gasteiger partial charge on any atom is 0.472 e. The fourth-order valence-electron chi connectivity index (χ4n) is 2.77. The minimum atomic E-state index is -5.07. The standard InChI is InChI=1S/C11H18N7O8P/c12-7-2-3(8(13)17-11(14)16-7)18(1-15-2)9-5(20)4(19)6(25-9)10(21)26-27(22,23)24/h1,4-6,9-10,19-21H,12-13H2,(H3,14,16,17)(H2,22,23,24)/t4-,5+,6-,9?,10?/m0/s1. The van der Waals surface area contributed by atoms with Crippen LogP contribution >= 0.6 is 7.82 Å². The van der Waals surface area contributed by atoms with Crippen molar-refractivity contribution in [2.45, 2.75) is 30.8 Å². The van der Waals surface area contributed by atoms with E-state index in [1.54, 1.807) is 0 Å². The van der Waals surface area contributed by atoms with E-state index >= 15 is 0 Å². The van der Waals surface area contributed by atoms with E-state index in [1.807, 2.05) is 0 Å². The van der Waals surface area contributed by atoms with Crippen LogP contribution in [0, 0.1) is 0 Å². The fraction of sp³-hybridized carbons (Fsp3) is 0.455. The Morgan fingerprint density at radius 3 is 2.59 bits per heavy atom. The molecule has 0 aliphatic carbocycles. The van der Waals surface area contributed by atoms with Gasteiger partial charge in [0.15, 0.2) is 18.3 Å². The first kappa shape index (κ1) is 19.5. The van der Waals surface area contributed by atoms with E-state index in [1.165, 1.54) is 10.9 Å². The molecular weight excluding hydrogens is 389 g/mol. The van der Waals surface area contributed by atoms with Gasteiger partial charge in [0, 0.05) is 0 Å². The maximum atomic E-state index is 10.9. The molecule has 0 amide bonds. The Kier molecular flexibility index (Phi) is 4.87. The summed E-state index contributed by atoms with van der Waals surface area (Å²) in [6.45, 7) is 0. The molecule has 12 N–H and O–H groups in total. The van der Waals surface area contributed by atoms with E-state index in [2.05, 4.69) is 19.8 Å². The van der Waals surface area contributed by atoms with Crippen molar-refractivity contribution in [3.63, 3.8) is 0 Å². The maximum absolute atomic E-state index is 10.9. The van der Waals surface area contributed by atoms with Crippen LogP contribution in [0.5, 0.6) is 0 Å². The number of phosphoric acid groups is 1. The van der Waals surface area contributed by atoms with Crippen LogP contribution in [0.2, 0.25) is 0 Å². The number of rotatable bonds is 4. The minimum absolute atomic E-state index is 0.0371. The second-order valence-electron chi connectivity index (χ2n) is 5.73. The van der Waals surface area contributed by atoms with Gasteiger partial charge in [-0.2, -0.15) is 4.99 Å². The molecule has 16 heteroatoms. The first-order chi connectivity index (χ1) is 12.5. The topological polar surface area (TPSA) is 257 Å². The molecule has 1 saturated heterocycles. The van der Waals surface area contributed by atoms with Crippen LogP contribution in [-0.4, -0.2) is 65.2 Å². The first-order valence-electron chi connectivity index (χ1n) is 7.37. The summed E-state index contributed by atoms with van der Waals surface area (Å²) in [5.41, 5.74) is 17.3. The second kappa shape index (κ2) is 6.74. The number of guanidine groups is 1. The molecule has 0 aromatic carbocycles. The zero-order valence-corrected chi connectivity index (χ0v) is 14.3. The van der Waals surface area contributed by atoms with Gasteiger partial charge in [0.25, 0.3) is 0 Å². The van der Waals surface area contributed by atoms with Crippen LogP contribution in [0.4, 0.5) is 0 Å². The number of imidazole rings is 1. The molecule has 2 aliphatic heterocycles. The van der Waals surface area contributed by atoms with Gasteiger partial charge >= 0.3 is 7.82 Å². The van der Waals surface area contributed by atoms with Crippen molar-refractivity contribution in [2.75, 3.05) is 0 Å². The molecule has 0 spiro atoms. The summed E-state index contributed by atoms with van der Waals surface area (Å²) < 4.78 is 21.5. The second-order valence-corrected chi connectivity index (χ2v) is 6.92. The summed E-state index contributed by atoms with van der Waals surface area (Å²) >= 11 is 0. The number of nitrogens with two attached hydrogens (primary N) is 3. The molecule has 3 rings (SSSR count). The monoisotopic (exact) mass is 407 g/mol. The summed E-state index contributed by atoms with van der Waals surface area (Å²) in [5, 5.41) is 32.9. The number of phosphoric ester groups is 1. The Bertz CT molecular complexity index is 941. The third-order valence-corrected chi connectivity index (χ3v) is 4.36. The summed E-state index contributed by atoms with van der Waals surface area (Å²) in [4.78, 5) is 25.4. The molecule has 150 valence electrons. The molecule has 1 aromatic heterocycles. The summed E-state index contributed by atoms with van der Waals surface area (Å²) in [6, 6.07) is 0. The highest BCUT2D eigenvalue weighted by atomic mass is 31.2. The van der Waals surface area contributed by atoms with Crippen LogP contribution in [0.3, 0.4) is 0 Å². The quantitative estimate of drug-likeness (QED) is 0.166. The van der Waals surface area contributed by atoms with Gasteiger partial charge in [-0.15, -0.1) is 0 Å². The number of ether oxygens (including phenoxy) is 1. The third-order valence-electron chi connectivity index (χ3n) is 3.87. The lowest BCUT2D eigenvalue weighted by Gasteiger charge is -2.21. The van der Waals surface area contributed by atoms with E-state index in [0.29, 0.717) is 0 Å². The molecule has 27 heavy (non-hydrogen) atoms. The zero-order chi connectivity index (χ0) is 20.1. The molecule has 2 unspecified atom stereocenters. The SMILES string of the molecule is NC1=NC(N)=c2ncn(C3O[C@H](C(O)OP(=O)(O)O)[C@@H](O)[C@H]3O)c2=C(N)N1. The highest BCUT2D eigenvalue weighted by Gasteiger charge is 2.49. The van der Waals surface area contributed by atoms with Crippen molar-refractivity contribution < 1.29 is 38.9 Å². The molecule has 5 atom stereocenters.